The first-order valence-corrected chi connectivity index (χ1v) is 9.04. The van der Waals surface area contributed by atoms with Crippen LogP contribution in [-0.2, 0) is 19.4 Å². The fraction of sp³-hybridized carbons (Fsp3) is 0.474. The number of hydrogen-bond acceptors (Lipinski definition) is 5. The Labute approximate surface area is 147 Å². The molecule has 0 amide bonds. The zero-order chi connectivity index (χ0) is 17.2. The minimum absolute atomic E-state index is 0.175. The van der Waals surface area contributed by atoms with Gasteiger partial charge in [0.2, 0.25) is 5.95 Å². The summed E-state index contributed by atoms with van der Waals surface area (Å²) in [5.74, 6) is 1.75. The van der Waals surface area contributed by atoms with E-state index in [1.165, 1.54) is 17.5 Å². The fourth-order valence-corrected chi connectivity index (χ4v) is 4.00. The van der Waals surface area contributed by atoms with E-state index in [0.29, 0.717) is 11.9 Å². The summed E-state index contributed by atoms with van der Waals surface area (Å²) in [5.41, 5.74) is 9.43. The van der Waals surface area contributed by atoms with Crippen molar-refractivity contribution in [2.45, 2.75) is 32.2 Å². The van der Waals surface area contributed by atoms with Gasteiger partial charge in [-0.3, -0.25) is 0 Å². The summed E-state index contributed by atoms with van der Waals surface area (Å²) in [6, 6.07) is 6.88. The molecule has 0 radical (unpaired) electrons. The van der Waals surface area contributed by atoms with Crippen LogP contribution in [0.1, 0.15) is 29.7 Å². The molecule has 1 fully saturated rings. The Bertz CT molecular complexity index is 746. The highest BCUT2D eigenvalue weighted by atomic mass is 19.1. The van der Waals surface area contributed by atoms with Gasteiger partial charge in [-0.2, -0.15) is 4.98 Å². The highest BCUT2D eigenvalue weighted by Gasteiger charge is 2.26. The Morgan fingerprint density at radius 1 is 1.24 bits per heavy atom. The van der Waals surface area contributed by atoms with Crippen molar-refractivity contribution in [1.29, 1.82) is 0 Å². The van der Waals surface area contributed by atoms with Crippen molar-refractivity contribution in [3.63, 3.8) is 0 Å². The lowest BCUT2D eigenvalue weighted by Crippen LogP contribution is -2.39. The molecular weight excluding hydrogens is 317 g/mol. The molecular formula is C19H24FN5. The second-order valence-electron chi connectivity index (χ2n) is 7.04. The first kappa shape index (κ1) is 16.3. The van der Waals surface area contributed by atoms with Crippen molar-refractivity contribution in [3.05, 3.63) is 46.9 Å². The molecule has 1 saturated heterocycles. The first-order chi connectivity index (χ1) is 12.2. The molecule has 0 saturated carbocycles. The Balaban J connectivity index is 1.53. The van der Waals surface area contributed by atoms with Gasteiger partial charge < -0.3 is 16.0 Å². The van der Waals surface area contributed by atoms with Crippen LogP contribution in [0.25, 0.3) is 0 Å². The number of nitrogens with zero attached hydrogens (tertiary/aromatic N) is 3. The molecule has 1 atom stereocenters. The fourth-order valence-electron chi connectivity index (χ4n) is 4.00. The van der Waals surface area contributed by atoms with E-state index in [4.69, 9.17) is 5.73 Å². The molecule has 5 nitrogen and oxygen atoms in total. The number of rotatable bonds is 3. The monoisotopic (exact) mass is 341 g/mol. The third-order valence-corrected chi connectivity index (χ3v) is 5.19. The largest absolute Gasteiger partial charge is 0.368 e. The summed E-state index contributed by atoms with van der Waals surface area (Å²) < 4.78 is 13.1. The molecule has 1 unspecified atom stereocenters. The summed E-state index contributed by atoms with van der Waals surface area (Å²) in [4.78, 5) is 11.4. The van der Waals surface area contributed by atoms with Crippen LogP contribution in [0.4, 0.5) is 16.2 Å². The smallest absolute Gasteiger partial charge is 0.222 e. The average Bonchev–Trinajstić information content (AvgIpc) is 2.63. The van der Waals surface area contributed by atoms with E-state index in [-0.39, 0.29) is 5.82 Å². The van der Waals surface area contributed by atoms with Gasteiger partial charge >= 0.3 is 0 Å². The van der Waals surface area contributed by atoms with Crippen molar-refractivity contribution in [2.24, 2.45) is 5.92 Å². The van der Waals surface area contributed by atoms with Crippen molar-refractivity contribution in [3.8, 4) is 0 Å². The molecule has 0 aliphatic carbocycles. The van der Waals surface area contributed by atoms with Crippen LogP contribution in [0.2, 0.25) is 0 Å². The third-order valence-electron chi connectivity index (χ3n) is 5.19. The average molecular weight is 341 g/mol. The first-order valence-electron chi connectivity index (χ1n) is 9.04. The molecule has 6 heteroatoms. The van der Waals surface area contributed by atoms with Gasteiger partial charge in [0.05, 0.1) is 5.69 Å². The van der Waals surface area contributed by atoms with Crippen LogP contribution in [0.15, 0.2) is 24.3 Å². The van der Waals surface area contributed by atoms with Crippen molar-refractivity contribution < 1.29 is 4.39 Å². The van der Waals surface area contributed by atoms with Crippen LogP contribution in [-0.4, -0.2) is 29.6 Å². The summed E-state index contributed by atoms with van der Waals surface area (Å²) in [6.07, 6.45) is 4.26. The van der Waals surface area contributed by atoms with E-state index in [9.17, 15) is 4.39 Å². The van der Waals surface area contributed by atoms with E-state index in [2.05, 4.69) is 20.2 Å². The highest BCUT2D eigenvalue weighted by molar-refractivity contribution is 5.53. The van der Waals surface area contributed by atoms with Gasteiger partial charge in [-0.15, -0.1) is 0 Å². The highest BCUT2D eigenvalue weighted by Crippen LogP contribution is 2.29. The van der Waals surface area contributed by atoms with Crippen molar-refractivity contribution >= 4 is 11.8 Å². The number of nitrogens with two attached hydrogens (primary N) is 1. The van der Waals surface area contributed by atoms with Gasteiger partial charge in [0.25, 0.3) is 0 Å². The quantitative estimate of drug-likeness (QED) is 0.897. The summed E-state index contributed by atoms with van der Waals surface area (Å²) >= 11 is 0. The van der Waals surface area contributed by atoms with Gasteiger partial charge in [-0.1, -0.05) is 12.1 Å². The molecule has 1 aromatic heterocycles. The minimum Gasteiger partial charge on any atom is -0.368 e. The number of piperidine rings is 1. The maximum absolute atomic E-state index is 13.1. The normalized spacial score (nSPS) is 20.4. The third kappa shape index (κ3) is 3.58. The zero-order valence-electron chi connectivity index (χ0n) is 14.3. The van der Waals surface area contributed by atoms with Crippen LogP contribution >= 0.6 is 0 Å². The zero-order valence-corrected chi connectivity index (χ0v) is 14.3. The second kappa shape index (κ2) is 6.96. The number of halogens is 1. The number of aromatic nitrogens is 2. The molecule has 0 bridgehead atoms. The molecule has 2 aliphatic rings. The van der Waals surface area contributed by atoms with E-state index < -0.39 is 0 Å². The van der Waals surface area contributed by atoms with Crippen molar-refractivity contribution in [1.82, 2.24) is 15.3 Å². The van der Waals surface area contributed by atoms with Crippen molar-refractivity contribution in [2.75, 3.05) is 30.3 Å². The number of hydrogen-bond donors (Lipinski definition) is 2. The molecule has 1 aromatic carbocycles. The van der Waals surface area contributed by atoms with E-state index >= 15 is 0 Å². The SMILES string of the molecule is Nc1nc2c(c(N3CCCC(Cc4ccc(F)cc4)C3)n1)CCNC2. The Kier molecular flexibility index (Phi) is 4.53. The lowest BCUT2D eigenvalue weighted by atomic mass is 9.91. The lowest BCUT2D eigenvalue weighted by Gasteiger charge is -2.35. The maximum Gasteiger partial charge on any atom is 0.222 e. The molecule has 3 heterocycles. The van der Waals surface area contributed by atoms with Gasteiger partial charge in [-0.25, -0.2) is 9.37 Å². The van der Waals surface area contributed by atoms with Crippen LogP contribution < -0.4 is 16.0 Å². The number of nitrogens with one attached hydrogen (secondary N) is 1. The molecule has 0 spiro atoms. The van der Waals surface area contributed by atoms with Crippen LogP contribution in [0, 0.1) is 11.7 Å². The predicted molar refractivity (Wildman–Crippen MR) is 96.9 cm³/mol. The Morgan fingerprint density at radius 2 is 2.08 bits per heavy atom. The minimum atomic E-state index is -0.175. The molecule has 2 aliphatic heterocycles. The predicted octanol–water partition coefficient (Wildman–Crippen LogP) is 2.30. The maximum atomic E-state index is 13.1. The summed E-state index contributed by atoms with van der Waals surface area (Å²) in [6.45, 7) is 3.70. The number of fused-ring (bicyclic) bond motifs is 1. The summed E-state index contributed by atoms with van der Waals surface area (Å²) in [5, 5.41) is 3.35. The van der Waals surface area contributed by atoms with E-state index in [0.717, 1.165) is 57.0 Å². The van der Waals surface area contributed by atoms with Gasteiger partial charge in [0.15, 0.2) is 0 Å². The number of anilines is 2. The number of nitrogen functional groups attached to an aromatic ring is 1. The molecule has 2 aromatic rings. The molecule has 4 rings (SSSR count). The Hall–Kier alpha value is -2.21. The van der Waals surface area contributed by atoms with Crippen LogP contribution in [0.5, 0.6) is 0 Å². The molecule has 3 N–H and O–H groups in total. The van der Waals surface area contributed by atoms with Gasteiger partial charge in [-0.05, 0) is 55.8 Å². The summed E-state index contributed by atoms with van der Waals surface area (Å²) in [7, 11) is 0. The van der Waals surface area contributed by atoms with Crippen LogP contribution in [0.3, 0.4) is 0 Å². The lowest BCUT2D eigenvalue weighted by molar-refractivity contribution is 0.410. The standard InChI is InChI=1S/C19H24FN5/c20-15-5-3-13(4-6-15)10-14-2-1-9-25(12-14)18-16-7-8-22-11-17(16)23-19(21)24-18/h3-6,14,22H,1-2,7-12H2,(H2,21,23,24). The second-order valence-corrected chi connectivity index (χ2v) is 7.04. The van der Waals surface area contributed by atoms with Gasteiger partial charge in [0, 0.05) is 25.2 Å². The molecule has 25 heavy (non-hydrogen) atoms. The van der Waals surface area contributed by atoms with Gasteiger partial charge in [0.1, 0.15) is 11.6 Å². The number of benzene rings is 1. The topological polar surface area (TPSA) is 67.1 Å². The molecule has 132 valence electrons. The Morgan fingerprint density at radius 3 is 2.92 bits per heavy atom. The van der Waals surface area contributed by atoms with E-state index in [1.807, 2.05) is 12.1 Å². The van der Waals surface area contributed by atoms with E-state index in [1.54, 1.807) is 12.1 Å².